The molecular weight excluding hydrogens is 222 g/mol. The lowest BCUT2D eigenvalue weighted by atomic mass is 9.88. The van der Waals surface area contributed by atoms with Crippen LogP contribution < -0.4 is 10.6 Å². The molecule has 0 radical (unpaired) electrons. The van der Waals surface area contributed by atoms with Crippen LogP contribution in [0.4, 0.5) is 0 Å². The van der Waals surface area contributed by atoms with E-state index in [1.54, 1.807) is 0 Å². The van der Waals surface area contributed by atoms with Crippen LogP contribution >= 0.6 is 0 Å². The SMILES string of the molecule is CC(C)(CNCC1CCCCN1)c1ccccn1. The summed E-state index contributed by atoms with van der Waals surface area (Å²) in [4.78, 5) is 4.46. The Morgan fingerprint density at radius 2 is 2.28 bits per heavy atom. The second-order valence-electron chi connectivity index (χ2n) is 5.88. The third kappa shape index (κ3) is 3.79. The van der Waals surface area contributed by atoms with Crippen molar-refractivity contribution in [3.63, 3.8) is 0 Å². The smallest absolute Gasteiger partial charge is 0.0472 e. The Kier molecular flexibility index (Phi) is 4.72. The Morgan fingerprint density at radius 1 is 1.39 bits per heavy atom. The van der Waals surface area contributed by atoms with E-state index in [1.807, 2.05) is 12.3 Å². The van der Waals surface area contributed by atoms with E-state index in [-0.39, 0.29) is 5.41 Å². The summed E-state index contributed by atoms with van der Waals surface area (Å²) in [5, 5.41) is 7.16. The molecule has 0 aliphatic carbocycles. The van der Waals surface area contributed by atoms with Crippen molar-refractivity contribution in [2.45, 2.75) is 44.6 Å². The van der Waals surface area contributed by atoms with Gasteiger partial charge in [-0.3, -0.25) is 4.98 Å². The Hall–Kier alpha value is -0.930. The topological polar surface area (TPSA) is 37.0 Å². The number of piperidine rings is 1. The van der Waals surface area contributed by atoms with E-state index in [0.717, 1.165) is 18.8 Å². The van der Waals surface area contributed by atoms with Crippen molar-refractivity contribution in [3.05, 3.63) is 30.1 Å². The van der Waals surface area contributed by atoms with Gasteiger partial charge in [0.05, 0.1) is 0 Å². The summed E-state index contributed by atoms with van der Waals surface area (Å²) in [7, 11) is 0. The minimum atomic E-state index is 0.0932. The average Bonchev–Trinajstić information content (AvgIpc) is 2.41. The normalized spacial score (nSPS) is 20.9. The number of nitrogens with zero attached hydrogens (tertiary/aromatic N) is 1. The van der Waals surface area contributed by atoms with Gasteiger partial charge in [0.15, 0.2) is 0 Å². The zero-order chi connectivity index (χ0) is 12.8. The Morgan fingerprint density at radius 3 is 2.94 bits per heavy atom. The number of pyridine rings is 1. The second-order valence-corrected chi connectivity index (χ2v) is 5.88. The van der Waals surface area contributed by atoms with Crippen molar-refractivity contribution in [1.29, 1.82) is 0 Å². The van der Waals surface area contributed by atoms with E-state index in [1.165, 1.54) is 25.8 Å². The first-order valence-electron chi connectivity index (χ1n) is 7.04. The van der Waals surface area contributed by atoms with E-state index < -0.39 is 0 Å². The zero-order valence-corrected chi connectivity index (χ0v) is 11.6. The molecule has 1 unspecified atom stereocenters. The maximum Gasteiger partial charge on any atom is 0.0472 e. The minimum Gasteiger partial charge on any atom is -0.314 e. The van der Waals surface area contributed by atoms with Gasteiger partial charge in [0.2, 0.25) is 0 Å². The number of rotatable bonds is 5. The minimum absolute atomic E-state index is 0.0932. The molecule has 1 aromatic rings. The van der Waals surface area contributed by atoms with Crippen molar-refractivity contribution >= 4 is 0 Å². The van der Waals surface area contributed by atoms with Crippen LogP contribution in [-0.2, 0) is 5.41 Å². The summed E-state index contributed by atoms with van der Waals surface area (Å²) >= 11 is 0. The molecule has 0 bridgehead atoms. The lowest BCUT2D eigenvalue weighted by Crippen LogP contribution is -2.44. The van der Waals surface area contributed by atoms with E-state index in [4.69, 9.17) is 0 Å². The van der Waals surface area contributed by atoms with Crippen LogP contribution in [-0.4, -0.2) is 30.7 Å². The van der Waals surface area contributed by atoms with Crippen LogP contribution in [0.2, 0.25) is 0 Å². The van der Waals surface area contributed by atoms with E-state index >= 15 is 0 Å². The lowest BCUT2D eigenvalue weighted by Gasteiger charge is -2.28. The fourth-order valence-corrected chi connectivity index (χ4v) is 2.51. The highest BCUT2D eigenvalue weighted by molar-refractivity contribution is 5.14. The van der Waals surface area contributed by atoms with Gasteiger partial charge < -0.3 is 10.6 Å². The third-order valence-corrected chi connectivity index (χ3v) is 3.73. The van der Waals surface area contributed by atoms with Crippen LogP contribution in [0.5, 0.6) is 0 Å². The van der Waals surface area contributed by atoms with E-state index in [0.29, 0.717) is 6.04 Å². The van der Waals surface area contributed by atoms with Gasteiger partial charge in [-0.15, -0.1) is 0 Å². The first-order valence-corrected chi connectivity index (χ1v) is 7.04. The van der Waals surface area contributed by atoms with Crippen LogP contribution in [0.3, 0.4) is 0 Å². The highest BCUT2D eigenvalue weighted by atomic mass is 15.0. The van der Waals surface area contributed by atoms with E-state index in [2.05, 4.69) is 41.6 Å². The molecule has 0 saturated carbocycles. The monoisotopic (exact) mass is 247 g/mol. The summed E-state index contributed by atoms with van der Waals surface area (Å²) in [6, 6.07) is 6.80. The van der Waals surface area contributed by atoms with Crippen LogP contribution in [0.1, 0.15) is 38.8 Å². The fourth-order valence-electron chi connectivity index (χ4n) is 2.51. The van der Waals surface area contributed by atoms with Gasteiger partial charge in [0.25, 0.3) is 0 Å². The first-order chi connectivity index (χ1) is 8.68. The van der Waals surface area contributed by atoms with Crippen molar-refractivity contribution in [1.82, 2.24) is 15.6 Å². The predicted octanol–water partition coefficient (Wildman–Crippen LogP) is 2.09. The molecule has 1 aromatic heterocycles. The highest BCUT2D eigenvalue weighted by Crippen LogP contribution is 2.19. The number of hydrogen-bond donors (Lipinski definition) is 2. The maximum absolute atomic E-state index is 4.46. The third-order valence-electron chi connectivity index (χ3n) is 3.73. The van der Waals surface area contributed by atoms with E-state index in [9.17, 15) is 0 Å². The average molecular weight is 247 g/mol. The zero-order valence-electron chi connectivity index (χ0n) is 11.6. The molecule has 1 saturated heterocycles. The standard InChI is InChI=1S/C15H25N3/c1-15(2,14-8-4-6-10-18-14)12-16-11-13-7-3-5-9-17-13/h4,6,8,10,13,16-17H,3,5,7,9,11-12H2,1-2H3. The van der Waals surface area contributed by atoms with Crippen molar-refractivity contribution < 1.29 is 0 Å². The Labute approximate surface area is 110 Å². The largest absolute Gasteiger partial charge is 0.314 e. The lowest BCUT2D eigenvalue weighted by molar-refractivity contribution is 0.364. The number of hydrogen-bond acceptors (Lipinski definition) is 3. The Bertz CT molecular complexity index is 342. The second kappa shape index (κ2) is 6.30. The summed E-state index contributed by atoms with van der Waals surface area (Å²) in [5.41, 5.74) is 1.25. The van der Waals surface area contributed by atoms with Crippen molar-refractivity contribution in [3.8, 4) is 0 Å². The molecule has 0 aromatic carbocycles. The molecule has 2 N–H and O–H groups in total. The molecule has 1 atom stereocenters. The van der Waals surface area contributed by atoms with Gasteiger partial charge in [0.1, 0.15) is 0 Å². The van der Waals surface area contributed by atoms with Crippen molar-refractivity contribution in [2.75, 3.05) is 19.6 Å². The molecule has 3 nitrogen and oxygen atoms in total. The molecular formula is C15H25N3. The van der Waals surface area contributed by atoms with Crippen LogP contribution in [0.15, 0.2) is 24.4 Å². The molecule has 1 fully saturated rings. The van der Waals surface area contributed by atoms with Gasteiger partial charge >= 0.3 is 0 Å². The molecule has 0 amide bonds. The summed E-state index contributed by atoms with van der Waals surface area (Å²) in [6.07, 6.45) is 5.87. The van der Waals surface area contributed by atoms with Crippen LogP contribution in [0.25, 0.3) is 0 Å². The molecule has 18 heavy (non-hydrogen) atoms. The van der Waals surface area contributed by atoms with Gasteiger partial charge in [0, 0.05) is 36.4 Å². The fraction of sp³-hybridized carbons (Fsp3) is 0.667. The molecule has 1 aliphatic rings. The molecule has 1 aliphatic heterocycles. The molecule has 2 heterocycles. The maximum atomic E-state index is 4.46. The molecule has 100 valence electrons. The number of aromatic nitrogens is 1. The highest BCUT2D eigenvalue weighted by Gasteiger charge is 2.22. The quantitative estimate of drug-likeness (QED) is 0.836. The van der Waals surface area contributed by atoms with Gasteiger partial charge in [-0.1, -0.05) is 26.3 Å². The Balaban J connectivity index is 1.78. The van der Waals surface area contributed by atoms with Gasteiger partial charge in [-0.25, -0.2) is 0 Å². The van der Waals surface area contributed by atoms with Crippen molar-refractivity contribution in [2.24, 2.45) is 0 Å². The summed E-state index contributed by atoms with van der Waals surface area (Å²) in [5.74, 6) is 0. The molecule has 0 spiro atoms. The molecule has 3 heteroatoms. The first kappa shape index (κ1) is 13.5. The number of nitrogens with one attached hydrogen (secondary N) is 2. The summed E-state index contributed by atoms with van der Waals surface area (Å²) in [6.45, 7) is 7.71. The predicted molar refractivity (Wildman–Crippen MR) is 75.8 cm³/mol. The molecule has 2 rings (SSSR count). The van der Waals surface area contributed by atoms with Gasteiger partial charge in [-0.2, -0.15) is 0 Å². The summed E-state index contributed by atoms with van der Waals surface area (Å²) < 4.78 is 0. The van der Waals surface area contributed by atoms with Gasteiger partial charge in [-0.05, 0) is 31.5 Å². The van der Waals surface area contributed by atoms with Crippen LogP contribution in [0, 0.1) is 0 Å².